The molecule has 0 aromatic heterocycles. The molecule has 198 valence electrons. The van der Waals surface area contributed by atoms with Crippen LogP contribution in [0.2, 0.25) is 0 Å². The van der Waals surface area contributed by atoms with Crippen molar-refractivity contribution in [3.05, 3.63) is 35.9 Å². The van der Waals surface area contributed by atoms with Gasteiger partial charge in [-0.15, -0.1) is 0 Å². The van der Waals surface area contributed by atoms with Crippen LogP contribution in [0.1, 0.15) is 120 Å². The van der Waals surface area contributed by atoms with Crippen molar-refractivity contribution in [2.45, 2.75) is 110 Å². The van der Waals surface area contributed by atoms with Crippen molar-refractivity contribution in [3.8, 4) is 0 Å². The first-order valence-corrected chi connectivity index (χ1v) is 13.9. The summed E-state index contributed by atoms with van der Waals surface area (Å²) in [5.41, 5.74) is 0.331. The van der Waals surface area contributed by atoms with Gasteiger partial charge in [-0.25, -0.2) is 9.36 Å². The molecule has 35 heavy (non-hydrogen) atoms. The van der Waals surface area contributed by atoms with Gasteiger partial charge >= 0.3 is 32.7 Å². The second kappa shape index (κ2) is 27.5. The summed E-state index contributed by atoms with van der Waals surface area (Å²) in [6.45, 7) is 2.27. The van der Waals surface area contributed by atoms with Gasteiger partial charge in [0.2, 0.25) is 0 Å². The Hall–Kier alpha value is -1.13. The Morgan fingerprint density at radius 2 is 1.03 bits per heavy atom. The molecule has 4 N–H and O–H groups in total. The van der Waals surface area contributed by atoms with Gasteiger partial charge in [-0.2, -0.15) is 0 Å². The van der Waals surface area contributed by atoms with Crippen LogP contribution < -0.4 is 24.0 Å². The Bertz CT molecular complexity index is 644. The number of benzene rings is 1. The molecule has 10 heteroatoms. The molecule has 0 atom stereocenters. The maximum atomic E-state index is 10.2. The number of phosphoric acid groups is 1. The van der Waals surface area contributed by atoms with Gasteiger partial charge in [0.25, 0.3) is 0 Å². The quantitative estimate of drug-likeness (QED) is 0.142. The summed E-state index contributed by atoms with van der Waals surface area (Å²) in [4.78, 5) is 42.0. The Labute approximate surface area is 223 Å². The number of carbonyl (C=O) groups excluding carboxylic acids is 1. The topological polar surface area (TPSA) is 155 Å². The Morgan fingerprint density at radius 3 is 1.29 bits per heavy atom. The fraction of sp³-hybridized carbons (Fsp3) is 0.680. The van der Waals surface area contributed by atoms with E-state index < -0.39 is 19.8 Å². The van der Waals surface area contributed by atoms with Crippen molar-refractivity contribution in [1.82, 2.24) is 0 Å². The zero-order valence-corrected chi connectivity index (χ0v) is 22.5. The number of aromatic carboxylic acids is 1. The molecule has 0 fully saturated rings. The molecular weight excluding hydrogens is 466 g/mol. The number of hydrogen-bond acceptors (Lipinski definition) is 4. The maximum Gasteiger partial charge on any atom is 1.00 e. The summed E-state index contributed by atoms with van der Waals surface area (Å²) in [6.07, 6.45) is 19.9. The SMILES string of the molecule is CCCCCCCCCCCCCCCCCC(=O)[O-].O=C(O)c1ccccc1.O=P(O)(O)O.[Li+]. The number of hydrogen-bond donors (Lipinski definition) is 4. The molecule has 1 aromatic carbocycles. The molecule has 1 aromatic rings. The van der Waals surface area contributed by atoms with E-state index in [0.29, 0.717) is 5.56 Å². The monoisotopic (exact) mass is 510 g/mol. The molecule has 0 bridgehead atoms. The van der Waals surface area contributed by atoms with Gasteiger partial charge in [0.1, 0.15) is 0 Å². The van der Waals surface area contributed by atoms with E-state index >= 15 is 0 Å². The molecule has 0 radical (unpaired) electrons. The first-order chi connectivity index (χ1) is 16.1. The summed E-state index contributed by atoms with van der Waals surface area (Å²) in [7, 11) is -4.64. The van der Waals surface area contributed by atoms with Crippen molar-refractivity contribution in [3.63, 3.8) is 0 Å². The minimum Gasteiger partial charge on any atom is -0.550 e. The minimum atomic E-state index is -4.64. The summed E-state index contributed by atoms with van der Waals surface area (Å²) < 4.78 is 8.88. The third-order valence-electron chi connectivity index (χ3n) is 5.01. The van der Waals surface area contributed by atoms with Crippen LogP contribution >= 0.6 is 7.82 Å². The molecule has 0 saturated carbocycles. The fourth-order valence-electron chi connectivity index (χ4n) is 3.22. The summed E-state index contributed by atoms with van der Waals surface area (Å²) in [5.74, 6) is -1.78. The number of unbranched alkanes of at least 4 members (excludes halogenated alkanes) is 14. The van der Waals surface area contributed by atoms with E-state index in [4.69, 9.17) is 24.4 Å². The van der Waals surface area contributed by atoms with Crippen LogP contribution in [-0.4, -0.2) is 31.7 Å². The average molecular weight is 511 g/mol. The molecule has 0 aliphatic heterocycles. The van der Waals surface area contributed by atoms with E-state index in [1.165, 1.54) is 83.5 Å². The number of rotatable bonds is 17. The summed E-state index contributed by atoms with van der Waals surface area (Å²) in [5, 5.41) is 18.6. The maximum absolute atomic E-state index is 10.2. The first kappa shape index (κ1) is 38.4. The molecule has 0 aliphatic rings. The van der Waals surface area contributed by atoms with E-state index in [2.05, 4.69) is 6.92 Å². The molecule has 0 aliphatic carbocycles. The van der Waals surface area contributed by atoms with E-state index in [9.17, 15) is 14.7 Å². The second-order valence-electron chi connectivity index (χ2n) is 8.26. The van der Waals surface area contributed by atoms with Gasteiger partial charge in [-0.3, -0.25) is 0 Å². The number of carbonyl (C=O) groups is 2. The second-order valence-corrected chi connectivity index (χ2v) is 9.28. The van der Waals surface area contributed by atoms with Crippen molar-refractivity contribution in [2.75, 3.05) is 0 Å². The molecule has 8 nitrogen and oxygen atoms in total. The van der Waals surface area contributed by atoms with Crippen molar-refractivity contribution in [1.29, 1.82) is 0 Å². The molecule has 0 heterocycles. The van der Waals surface area contributed by atoms with Crippen LogP contribution in [0.15, 0.2) is 30.3 Å². The molecule has 0 unspecified atom stereocenters. The average Bonchev–Trinajstić information content (AvgIpc) is 2.76. The molecule has 1 rings (SSSR count). The van der Waals surface area contributed by atoms with E-state index in [0.717, 1.165) is 12.8 Å². The standard InChI is InChI=1S/C18H36O2.C7H6O2.Li.H3O4P/c1-2-3-4-5-6-7-8-9-10-11-12-13-14-15-16-17-18(19)20;8-7(9)6-4-2-1-3-5-6;;1-5(2,3)4/h2-17H2,1H3,(H,19,20);1-5H,(H,8,9);;(H3,1,2,3,4)/q;;+1;/p-1. The Balaban J connectivity index is -0.000000559. The molecule has 0 amide bonds. The van der Waals surface area contributed by atoms with Crippen LogP contribution in [0.25, 0.3) is 0 Å². The predicted octanol–water partition coefficient (Wildman–Crippen LogP) is 2.46. The number of aliphatic carboxylic acids is 1. The number of carboxylic acid groups (broad SMARTS) is 2. The van der Waals surface area contributed by atoms with Gasteiger partial charge in [0.15, 0.2) is 0 Å². The van der Waals surface area contributed by atoms with Gasteiger partial charge in [-0.1, -0.05) is 115 Å². The van der Waals surface area contributed by atoms with E-state index in [-0.39, 0.29) is 25.3 Å². The normalized spacial score (nSPS) is 10.2. The zero-order valence-electron chi connectivity index (χ0n) is 21.6. The molecule has 0 spiro atoms. The van der Waals surface area contributed by atoms with Gasteiger partial charge < -0.3 is 29.7 Å². The molecule has 0 saturated heterocycles. The predicted molar refractivity (Wildman–Crippen MR) is 132 cm³/mol. The Morgan fingerprint density at radius 1 is 0.714 bits per heavy atom. The summed E-state index contributed by atoms with van der Waals surface area (Å²) >= 11 is 0. The zero-order chi connectivity index (χ0) is 26.1. The van der Waals surface area contributed by atoms with Crippen molar-refractivity contribution >= 4 is 19.8 Å². The van der Waals surface area contributed by atoms with Crippen LogP contribution in [0.5, 0.6) is 0 Å². The largest absolute Gasteiger partial charge is 1.00 e. The van der Waals surface area contributed by atoms with Crippen molar-refractivity contribution in [2.24, 2.45) is 0 Å². The third-order valence-corrected chi connectivity index (χ3v) is 5.01. The van der Waals surface area contributed by atoms with Gasteiger partial charge in [-0.05, 0) is 25.0 Å². The van der Waals surface area contributed by atoms with Gasteiger partial charge in [0, 0.05) is 5.97 Å². The minimum absolute atomic E-state index is 0. The summed E-state index contributed by atoms with van der Waals surface area (Å²) in [6, 6.07) is 8.30. The van der Waals surface area contributed by atoms with Crippen LogP contribution in [-0.2, 0) is 9.36 Å². The Kier molecular flexibility index (Phi) is 30.1. The van der Waals surface area contributed by atoms with Gasteiger partial charge in [0.05, 0.1) is 5.56 Å². The smallest absolute Gasteiger partial charge is 0.550 e. The van der Waals surface area contributed by atoms with Crippen molar-refractivity contribution < 1.29 is 57.9 Å². The fourth-order valence-corrected chi connectivity index (χ4v) is 3.22. The number of carboxylic acids is 2. The van der Waals surface area contributed by atoms with E-state index in [1.807, 2.05) is 0 Å². The first-order valence-electron chi connectivity index (χ1n) is 12.3. The van der Waals surface area contributed by atoms with Crippen LogP contribution in [0.3, 0.4) is 0 Å². The molecular formula is C25H44LiO8P. The van der Waals surface area contributed by atoms with Crippen LogP contribution in [0.4, 0.5) is 0 Å². The third kappa shape index (κ3) is 40.3. The van der Waals surface area contributed by atoms with E-state index in [1.54, 1.807) is 30.3 Å². The van der Waals surface area contributed by atoms with Crippen LogP contribution in [0, 0.1) is 0 Å².